The van der Waals surface area contributed by atoms with Crippen molar-refractivity contribution in [1.29, 1.82) is 0 Å². The van der Waals surface area contributed by atoms with Gasteiger partial charge in [-0.1, -0.05) is 28.1 Å². The Morgan fingerprint density at radius 2 is 2.06 bits per heavy atom. The van der Waals surface area contributed by atoms with E-state index < -0.39 is 12.1 Å². The van der Waals surface area contributed by atoms with Crippen molar-refractivity contribution in [2.24, 2.45) is 0 Å². The monoisotopic (exact) mass is 412 g/mol. The van der Waals surface area contributed by atoms with Crippen molar-refractivity contribution < 1.29 is 19.8 Å². The number of halogens is 2. The van der Waals surface area contributed by atoms with Gasteiger partial charge in [-0.2, -0.15) is 0 Å². The molecule has 17 heavy (non-hydrogen) atoms. The van der Waals surface area contributed by atoms with Crippen molar-refractivity contribution in [1.82, 2.24) is 0 Å². The molecule has 0 spiro atoms. The summed E-state index contributed by atoms with van der Waals surface area (Å²) in [5.74, 6) is -1.24. The van der Waals surface area contributed by atoms with Gasteiger partial charge < -0.3 is 10.2 Å². The smallest absolute Gasteiger partial charge is 0.337 e. The number of Topliss-reactive ketones (excluding diaryl/α,β-unsaturated/α-hetero) is 1. The van der Waals surface area contributed by atoms with Crippen LogP contribution in [0, 0.1) is 3.57 Å². The number of aliphatic hydroxyl groups is 1. The zero-order valence-electron chi connectivity index (χ0n) is 8.69. The molecule has 0 amide bonds. The van der Waals surface area contributed by atoms with E-state index in [9.17, 15) is 14.7 Å². The van der Waals surface area contributed by atoms with E-state index in [1.807, 2.05) is 22.6 Å². The summed E-state index contributed by atoms with van der Waals surface area (Å²) in [5, 5.41) is 18.3. The maximum Gasteiger partial charge on any atom is 0.337 e. The number of aliphatic hydroxyl groups excluding tert-OH is 1. The van der Waals surface area contributed by atoms with Crippen LogP contribution in [0.15, 0.2) is 18.2 Å². The third-order valence-corrected chi connectivity index (χ3v) is 3.79. The van der Waals surface area contributed by atoms with Crippen molar-refractivity contribution in [3.05, 3.63) is 32.9 Å². The fourth-order valence-corrected chi connectivity index (χ4v) is 2.21. The second-order valence-corrected chi connectivity index (χ2v) is 5.16. The summed E-state index contributed by atoms with van der Waals surface area (Å²) in [5.41, 5.74) is 1.15. The van der Waals surface area contributed by atoms with Gasteiger partial charge in [-0.25, -0.2) is 4.79 Å². The molecule has 0 aliphatic carbocycles. The summed E-state index contributed by atoms with van der Waals surface area (Å²) in [6.45, 7) is 0. The number of benzene rings is 1. The minimum atomic E-state index is -1.52. The molecular weight excluding hydrogens is 403 g/mol. The lowest BCUT2D eigenvalue weighted by molar-refractivity contribution is -0.147. The van der Waals surface area contributed by atoms with Crippen LogP contribution in [-0.4, -0.2) is 27.3 Å². The van der Waals surface area contributed by atoms with Gasteiger partial charge in [0.15, 0.2) is 6.10 Å². The van der Waals surface area contributed by atoms with E-state index in [-0.39, 0.29) is 5.78 Å². The summed E-state index contributed by atoms with van der Waals surface area (Å²) in [4.78, 5) is 21.9. The van der Waals surface area contributed by atoms with Crippen molar-refractivity contribution in [3.63, 3.8) is 0 Å². The van der Waals surface area contributed by atoms with E-state index in [4.69, 9.17) is 5.11 Å². The number of ketones is 1. The normalized spacial score (nSPS) is 12.2. The summed E-state index contributed by atoms with van der Waals surface area (Å²) in [6, 6.07) is 4.78. The molecule has 0 fully saturated rings. The molecule has 1 unspecified atom stereocenters. The highest BCUT2D eigenvalue weighted by Crippen LogP contribution is 2.20. The van der Waals surface area contributed by atoms with Crippen molar-refractivity contribution in [3.8, 4) is 0 Å². The van der Waals surface area contributed by atoms with Crippen LogP contribution in [0.4, 0.5) is 0 Å². The minimum Gasteiger partial charge on any atom is -0.479 e. The Morgan fingerprint density at radius 1 is 1.41 bits per heavy atom. The molecule has 4 nitrogen and oxygen atoms in total. The van der Waals surface area contributed by atoms with Gasteiger partial charge in [0.1, 0.15) is 5.78 Å². The van der Waals surface area contributed by atoms with Crippen LogP contribution >= 0.6 is 38.5 Å². The van der Waals surface area contributed by atoms with Crippen molar-refractivity contribution in [2.75, 3.05) is 5.33 Å². The Bertz CT molecular complexity index is 447. The molecular formula is C11H10BrIO4. The minimum absolute atomic E-state index is 0.0504. The molecule has 1 rings (SSSR count). The van der Waals surface area contributed by atoms with Gasteiger partial charge in [0.05, 0.1) is 5.33 Å². The van der Waals surface area contributed by atoms with Crippen LogP contribution in [0.25, 0.3) is 0 Å². The molecule has 0 bridgehead atoms. The van der Waals surface area contributed by atoms with Crippen molar-refractivity contribution >= 4 is 50.3 Å². The van der Waals surface area contributed by atoms with Crippen LogP contribution in [0.1, 0.15) is 17.2 Å². The number of hydrogen-bond donors (Lipinski definition) is 2. The zero-order chi connectivity index (χ0) is 13.0. The third kappa shape index (κ3) is 4.04. The molecule has 0 aromatic heterocycles. The molecule has 0 saturated carbocycles. The topological polar surface area (TPSA) is 74.6 Å². The van der Waals surface area contributed by atoms with E-state index >= 15 is 0 Å². The molecule has 0 aliphatic heterocycles. The van der Waals surface area contributed by atoms with Crippen LogP contribution in [0.2, 0.25) is 0 Å². The molecule has 0 heterocycles. The van der Waals surface area contributed by atoms with Gasteiger partial charge >= 0.3 is 5.97 Å². The van der Waals surface area contributed by atoms with Crippen LogP contribution in [0.3, 0.4) is 0 Å². The van der Waals surface area contributed by atoms with Crippen LogP contribution in [-0.2, 0) is 16.0 Å². The molecule has 0 radical (unpaired) electrons. The number of hydrogen-bond acceptors (Lipinski definition) is 3. The Morgan fingerprint density at radius 3 is 2.53 bits per heavy atom. The maximum atomic E-state index is 11.3. The molecule has 2 N–H and O–H groups in total. The fourth-order valence-electron chi connectivity index (χ4n) is 1.28. The Hall–Kier alpha value is -0.470. The zero-order valence-corrected chi connectivity index (χ0v) is 12.4. The number of aliphatic carboxylic acids is 1. The summed E-state index contributed by atoms with van der Waals surface area (Å²) in [7, 11) is 0. The summed E-state index contributed by atoms with van der Waals surface area (Å²) < 4.78 is 0.773. The maximum absolute atomic E-state index is 11.3. The Balaban J connectivity index is 2.93. The van der Waals surface area contributed by atoms with Crippen LogP contribution < -0.4 is 0 Å². The van der Waals surface area contributed by atoms with Gasteiger partial charge in [0.2, 0.25) is 0 Å². The second-order valence-electron chi connectivity index (χ2n) is 3.44. The lowest BCUT2D eigenvalue weighted by Crippen LogP contribution is -2.11. The van der Waals surface area contributed by atoms with Gasteiger partial charge in [0, 0.05) is 9.99 Å². The quantitative estimate of drug-likeness (QED) is 0.572. The first-order valence-corrected chi connectivity index (χ1v) is 6.92. The van der Waals surface area contributed by atoms with E-state index in [2.05, 4.69) is 15.9 Å². The van der Waals surface area contributed by atoms with E-state index in [1.54, 1.807) is 12.1 Å². The number of alkyl halides is 1. The van der Waals surface area contributed by atoms with Crippen LogP contribution in [0.5, 0.6) is 0 Å². The summed E-state index contributed by atoms with van der Waals surface area (Å²) >= 11 is 5.10. The van der Waals surface area contributed by atoms with E-state index in [0.717, 1.165) is 9.13 Å². The van der Waals surface area contributed by atoms with Crippen molar-refractivity contribution in [2.45, 2.75) is 12.5 Å². The highest BCUT2D eigenvalue weighted by molar-refractivity contribution is 14.1. The Kier molecular flexibility index (Phi) is 5.54. The van der Waals surface area contributed by atoms with Gasteiger partial charge in [-0.15, -0.1) is 0 Å². The first-order valence-electron chi connectivity index (χ1n) is 4.72. The predicted octanol–water partition coefficient (Wildman–Crippen LogP) is 1.92. The average Bonchev–Trinajstić information content (AvgIpc) is 2.30. The molecule has 0 aliphatic rings. The number of carboxylic acids is 1. The first kappa shape index (κ1) is 14.6. The molecule has 1 aromatic carbocycles. The number of carbonyl (C=O) groups excluding carboxylic acids is 1. The summed E-state index contributed by atoms with van der Waals surface area (Å²) in [6.07, 6.45) is -1.23. The standard InChI is InChI=1S/C11H10BrIO4/c12-5-8(14)3-6-1-2-7(4-9(6)13)10(15)11(16)17/h1-2,4,10,15H,3,5H2,(H,16,17). The Labute approximate surface area is 120 Å². The largest absolute Gasteiger partial charge is 0.479 e. The molecule has 0 saturated heterocycles. The van der Waals surface area contributed by atoms with Gasteiger partial charge in [-0.05, 0) is 39.8 Å². The lowest BCUT2D eigenvalue weighted by Gasteiger charge is -2.09. The number of carboxylic acid groups (broad SMARTS) is 1. The van der Waals surface area contributed by atoms with E-state index in [0.29, 0.717) is 17.3 Å². The SMILES string of the molecule is O=C(CBr)Cc1ccc(C(O)C(=O)O)cc1I. The first-order chi connectivity index (χ1) is 7.95. The number of rotatable bonds is 5. The van der Waals surface area contributed by atoms with Gasteiger partial charge in [-0.3, -0.25) is 4.79 Å². The third-order valence-electron chi connectivity index (χ3n) is 2.16. The molecule has 92 valence electrons. The highest BCUT2D eigenvalue weighted by Gasteiger charge is 2.17. The second kappa shape index (κ2) is 6.46. The molecule has 1 atom stereocenters. The fraction of sp³-hybridized carbons (Fsp3) is 0.273. The lowest BCUT2D eigenvalue weighted by atomic mass is 10.0. The van der Waals surface area contributed by atoms with Gasteiger partial charge in [0.25, 0.3) is 0 Å². The molecule has 6 heteroatoms. The molecule has 1 aromatic rings. The predicted molar refractivity (Wildman–Crippen MR) is 74.3 cm³/mol. The average molecular weight is 413 g/mol. The highest BCUT2D eigenvalue weighted by atomic mass is 127. The van der Waals surface area contributed by atoms with E-state index in [1.165, 1.54) is 6.07 Å². The number of carbonyl (C=O) groups is 2.